The van der Waals surface area contributed by atoms with Crippen LogP contribution in [0.15, 0.2) is 18.2 Å². The van der Waals surface area contributed by atoms with Crippen LogP contribution in [0.2, 0.25) is 0 Å². The van der Waals surface area contributed by atoms with E-state index in [1.54, 1.807) is 0 Å². The summed E-state index contributed by atoms with van der Waals surface area (Å²) in [7, 11) is 0. The van der Waals surface area contributed by atoms with Crippen molar-refractivity contribution in [2.24, 2.45) is 0 Å². The molecular weight excluding hydrogens is 509 g/mol. The average Bonchev–Trinajstić information content (AvgIpc) is 2.44. The Hall–Kier alpha value is -0.528. The van der Waals surface area contributed by atoms with Crippen molar-refractivity contribution in [1.82, 2.24) is 0 Å². The third-order valence-corrected chi connectivity index (χ3v) is 2.91. The normalized spacial score (nSPS) is 9.41. The predicted octanol–water partition coefficient (Wildman–Crippen LogP) is 4.62. The number of hydrogen-bond acceptors (Lipinski definition) is 3. The molecule has 1 rings (SSSR count). The predicted molar refractivity (Wildman–Crippen MR) is 82.7 cm³/mol. The molecule has 0 heterocycles. The maximum Gasteiger partial charge on any atom is 2.00 e. The fourth-order valence-electron chi connectivity index (χ4n) is 1.81. The van der Waals surface area contributed by atoms with Gasteiger partial charge in [-0.1, -0.05) is 32.6 Å². The van der Waals surface area contributed by atoms with Crippen LogP contribution >= 0.6 is 0 Å². The zero-order valence-corrected chi connectivity index (χ0v) is 17.7. The molecule has 0 aliphatic rings. The summed E-state index contributed by atoms with van der Waals surface area (Å²) >= 11 is 0. The fourth-order valence-corrected chi connectivity index (χ4v) is 1.81. The number of ether oxygens (including phenoxy) is 2. The molecule has 0 aliphatic carbocycles. The van der Waals surface area contributed by atoms with E-state index in [4.69, 9.17) is 9.47 Å². The van der Waals surface area contributed by atoms with Crippen molar-refractivity contribution in [3.63, 3.8) is 0 Å². The van der Waals surface area contributed by atoms with E-state index in [9.17, 15) is 9.18 Å². The third-order valence-electron chi connectivity index (χ3n) is 2.91. The van der Waals surface area contributed by atoms with Gasteiger partial charge in [0.25, 0.3) is 0 Å². The standard InChI is InChI=1S/C16H22FO3.CH3.U/c1-3-5-6-7-8-11-20-15-10-9-13(12-14(15)17)16(18)19-4-2;;/h9-10,12H,2-8,11H2,1H3;1H3;/q2*-1;+2. The summed E-state index contributed by atoms with van der Waals surface area (Å²) in [6.07, 6.45) is 5.59. The van der Waals surface area contributed by atoms with Crippen molar-refractivity contribution in [2.75, 3.05) is 13.2 Å². The van der Waals surface area contributed by atoms with E-state index in [0.29, 0.717) is 6.61 Å². The second-order valence-electron chi connectivity index (χ2n) is 4.54. The molecule has 0 aromatic heterocycles. The molecule has 0 spiro atoms. The van der Waals surface area contributed by atoms with Gasteiger partial charge in [0.2, 0.25) is 0 Å². The SMILES string of the molecule is [CH2-]COC(=O)c1ccc(OCCCCCCC)c(F)c1.[CH3-].[U+2]. The summed E-state index contributed by atoms with van der Waals surface area (Å²) in [5.74, 6) is -0.950. The first-order valence-electron chi connectivity index (χ1n) is 7.07. The van der Waals surface area contributed by atoms with Crippen molar-refractivity contribution < 1.29 is 49.8 Å². The monoisotopic (exact) mass is 534 g/mol. The van der Waals surface area contributed by atoms with Crippen molar-refractivity contribution in [1.29, 1.82) is 0 Å². The Balaban J connectivity index is 0. The summed E-state index contributed by atoms with van der Waals surface area (Å²) in [4.78, 5) is 11.4. The second kappa shape index (κ2) is 14.1. The first-order chi connectivity index (χ1) is 9.69. The molecule has 0 fully saturated rings. The Labute approximate surface area is 157 Å². The Kier molecular flexibility index (Phi) is 15.2. The van der Waals surface area contributed by atoms with E-state index in [2.05, 4.69) is 13.8 Å². The summed E-state index contributed by atoms with van der Waals surface area (Å²) in [6, 6.07) is 4.08. The van der Waals surface area contributed by atoms with Crippen LogP contribution in [0.1, 0.15) is 49.4 Å². The van der Waals surface area contributed by atoms with E-state index < -0.39 is 11.8 Å². The van der Waals surface area contributed by atoms with Crippen LogP contribution in [-0.4, -0.2) is 19.2 Å². The maximum atomic E-state index is 13.7. The number of benzene rings is 1. The van der Waals surface area contributed by atoms with Gasteiger partial charge in [-0.15, -0.1) is 0 Å². The molecule has 1 aromatic carbocycles. The third kappa shape index (κ3) is 8.80. The van der Waals surface area contributed by atoms with Gasteiger partial charge in [0.15, 0.2) is 11.6 Å². The molecule has 0 radical (unpaired) electrons. The van der Waals surface area contributed by atoms with Gasteiger partial charge in [-0.05, 0) is 31.2 Å². The molecule has 0 N–H and O–H groups in total. The number of esters is 1. The van der Waals surface area contributed by atoms with E-state index in [0.717, 1.165) is 18.9 Å². The molecule has 0 bridgehead atoms. The first kappa shape index (κ1) is 23.7. The summed E-state index contributed by atoms with van der Waals surface area (Å²) in [5, 5.41) is 0. The van der Waals surface area contributed by atoms with Crippen molar-refractivity contribution in [3.05, 3.63) is 43.9 Å². The number of carbonyl (C=O) groups is 1. The number of rotatable bonds is 9. The molecule has 0 saturated carbocycles. The molecule has 122 valence electrons. The van der Waals surface area contributed by atoms with Gasteiger partial charge in [0.05, 0.1) is 12.2 Å². The first-order valence-corrected chi connectivity index (χ1v) is 7.07. The average molecular weight is 534 g/mol. The van der Waals surface area contributed by atoms with Gasteiger partial charge in [0.1, 0.15) is 0 Å². The van der Waals surface area contributed by atoms with Crippen LogP contribution < -0.4 is 4.74 Å². The molecule has 0 amide bonds. The Bertz CT molecular complexity index is 424. The van der Waals surface area contributed by atoms with Crippen LogP contribution in [0.3, 0.4) is 0 Å². The molecule has 0 aliphatic heterocycles. The summed E-state index contributed by atoms with van der Waals surface area (Å²) in [5.41, 5.74) is 0.168. The van der Waals surface area contributed by atoms with E-state index >= 15 is 0 Å². The molecule has 0 saturated heterocycles. The van der Waals surface area contributed by atoms with E-state index in [1.165, 1.54) is 31.4 Å². The smallest absolute Gasteiger partial charge is 0.495 e. The van der Waals surface area contributed by atoms with Crippen LogP contribution in [0.4, 0.5) is 4.39 Å². The number of unbranched alkanes of at least 4 members (excludes halogenated alkanes) is 4. The zero-order chi connectivity index (χ0) is 14.8. The molecule has 22 heavy (non-hydrogen) atoms. The van der Waals surface area contributed by atoms with E-state index in [1.807, 2.05) is 0 Å². The topological polar surface area (TPSA) is 35.5 Å². The zero-order valence-electron chi connectivity index (χ0n) is 13.5. The Morgan fingerprint density at radius 3 is 2.50 bits per heavy atom. The molecule has 3 nitrogen and oxygen atoms in total. The fraction of sp³-hybridized carbons (Fsp3) is 0.471. The van der Waals surface area contributed by atoms with Crippen molar-refractivity contribution in [3.8, 4) is 5.75 Å². The van der Waals surface area contributed by atoms with Gasteiger partial charge in [-0.25, -0.2) is 9.18 Å². The van der Waals surface area contributed by atoms with E-state index in [-0.39, 0.29) is 56.5 Å². The van der Waals surface area contributed by atoms with Gasteiger partial charge < -0.3 is 23.8 Å². The number of carbonyl (C=O) groups excluding carboxylic acids is 1. The van der Waals surface area contributed by atoms with Crippen molar-refractivity contribution >= 4 is 5.97 Å². The molecule has 0 atom stereocenters. The molecule has 5 heteroatoms. The maximum absolute atomic E-state index is 13.7. The Morgan fingerprint density at radius 1 is 1.23 bits per heavy atom. The molecule has 0 unspecified atom stereocenters. The number of halogens is 1. The minimum atomic E-state index is -0.579. The quantitative estimate of drug-likeness (QED) is 0.264. The van der Waals surface area contributed by atoms with Crippen molar-refractivity contribution in [2.45, 2.75) is 39.0 Å². The summed E-state index contributed by atoms with van der Waals surface area (Å²) in [6.45, 7) is 6.07. The minimum Gasteiger partial charge on any atom is -0.495 e. The molecular formula is C17H25FO3U. The van der Waals surface area contributed by atoms with Crippen LogP contribution in [0.5, 0.6) is 5.75 Å². The second-order valence-corrected chi connectivity index (χ2v) is 4.54. The Morgan fingerprint density at radius 2 is 1.91 bits per heavy atom. The van der Waals surface area contributed by atoms with Gasteiger partial charge in [-0.2, -0.15) is 0 Å². The van der Waals surface area contributed by atoms with Gasteiger partial charge in [0, 0.05) is 0 Å². The van der Waals surface area contributed by atoms with Gasteiger partial charge >= 0.3 is 37.1 Å². The van der Waals surface area contributed by atoms with Gasteiger partial charge in [-0.3, -0.25) is 0 Å². The van der Waals surface area contributed by atoms with Crippen LogP contribution in [0.25, 0.3) is 0 Å². The van der Waals surface area contributed by atoms with Crippen LogP contribution in [0, 0.1) is 51.3 Å². The largest absolute Gasteiger partial charge is 2.00 e. The van der Waals surface area contributed by atoms with Crippen LogP contribution in [-0.2, 0) is 4.74 Å². The summed E-state index contributed by atoms with van der Waals surface area (Å²) < 4.78 is 23.8. The molecule has 1 aromatic rings. The number of hydrogen-bond donors (Lipinski definition) is 0. The minimum absolute atomic E-state index is 0.